The molecule has 1 aromatic rings. The van der Waals surface area contributed by atoms with Crippen molar-refractivity contribution in [2.24, 2.45) is 5.92 Å². The lowest BCUT2D eigenvalue weighted by Crippen LogP contribution is -2.03. The third-order valence-corrected chi connectivity index (χ3v) is 4.06. The maximum absolute atomic E-state index is 12.0. The number of benzene rings is 1. The monoisotopic (exact) mass is 214 g/mol. The third-order valence-electron chi connectivity index (χ3n) is 4.06. The normalized spacial score (nSPS) is 23.8. The van der Waals surface area contributed by atoms with Crippen LogP contribution in [0.2, 0.25) is 0 Å². The van der Waals surface area contributed by atoms with Gasteiger partial charge >= 0.3 is 0 Å². The molecule has 0 saturated heterocycles. The van der Waals surface area contributed by atoms with Gasteiger partial charge in [0.1, 0.15) is 0 Å². The van der Waals surface area contributed by atoms with Gasteiger partial charge in [-0.05, 0) is 54.9 Å². The topological polar surface area (TPSA) is 17.1 Å². The van der Waals surface area contributed by atoms with Crippen molar-refractivity contribution in [3.63, 3.8) is 0 Å². The lowest BCUT2D eigenvalue weighted by atomic mass is 9.97. The van der Waals surface area contributed by atoms with Crippen molar-refractivity contribution in [3.05, 3.63) is 34.4 Å². The van der Waals surface area contributed by atoms with E-state index < -0.39 is 0 Å². The van der Waals surface area contributed by atoms with Crippen LogP contribution >= 0.6 is 0 Å². The molecule has 0 aromatic heterocycles. The SMILES string of the molecule is CC1Cc2cc3c(cc2C1=O)CCCCC3. The van der Waals surface area contributed by atoms with Crippen molar-refractivity contribution >= 4 is 5.78 Å². The zero-order valence-electron chi connectivity index (χ0n) is 9.88. The summed E-state index contributed by atoms with van der Waals surface area (Å²) in [6.45, 7) is 2.05. The number of ketones is 1. The number of rotatable bonds is 0. The van der Waals surface area contributed by atoms with Crippen LogP contribution in [-0.4, -0.2) is 5.78 Å². The summed E-state index contributed by atoms with van der Waals surface area (Å²) in [5.41, 5.74) is 5.28. The lowest BCUT2D eigenvalue weighted by Gasteiger charge is -2.08. The van der Waals surface area contributed by atoms with E-state index in [0.29, 0.717) is 5.78 Å². The molecule has 1 heteroatoms. The highest BCUT2D eigenvalue weighted by Crippen LogP contribution is 2.31. The maximum atomic E-state index is 12.0. The van der Waals surface area contributed by atoms with E-state index in [2.05, 4.69) is 12.1 Å². The van der Waals surface area contributed by atoms with Crippen molar-refractivity contribution in [2.45, 2.75) is 45.4 Å². The molecule has 0 fully saturated rings. The second-order valence-corrected chi connectivity index (χ2v) is 5.31. The van der Waals surface area contributed by atoms with Crippen LogP contribution in [0.15, 0.2) is 12.1 Å². The molecule has 0 spiro atoms. The molecule has 0 aliphatic heterocycles. The van der Waals surface area contributed by atoms with E-state index in [4.69, 9.17) is 0 Å². The summed E-state index contributed by atoms with van der Waals surface area (Å²) in [6, 6.07) is 4.51. The number of hydrogen-bond acceptors (Lipinski definition) is 1. The maximum Gasteiger partial charge on any atom is 0.166 e. The molecular formula is C15H18O. The molecule has 1 aromatic carbocycles. The predicted molar refractivity (Wildman–Crippen MR) is 64.9 cm³/mol. The van der Waals surface area contributed by atoms with Crippen molar-refractivity contribution in [3.8, 4) is 0 Å². The zero-order valence-corrected chi connectivity index (χ0v) is 9.88. The second kappa shape index (κ2) is 3.73. The van der Waals surface area contributed by atoms with E-state index in [9.17, 15) is 4.79 Å². The minimum absolute atomic E-state index is 0.209. The minimum Gasteiger partial charge on any atom is -0.294 e. The molecule has 1 atom stereocenters. The van der Waals surface area contributed by atoms with E-state index >= 15 is 0 Å². The summed E-state index contributed by atoms with van der Waals surface area (Å²) in [7, 11) is 0. The molecule has 3 rings (SSSR count). The Bertz CT molecular complexity index is 445. The van der Waals surface area contributed by atoms with Crippen LogP contribution in [0.1, 0.15) is 53.2 Å². The van der Waals surface area contributed by atoms with Gasteiger partial charge in [-0.15, -0.1) is 0 Å². The molecule has 2 aliphatic rings. The zero-order chi connectivity index (χ0) is 11.1. The van der Waals surface area contributed by atoms with Crippen LogP contribution in [0.3, 0.4) is 0 Å². The first-order valence-electron chi connectivity index (χ1n) is 6.44. The van der Waals surface area contributed by atoms with Crippen molar-refractivity contribution < 1.29 is 4.79 Å². The number of hydrogen-bond donors (Lipinski definition) is 0. The summed E-state index contributed by atoms with van der Waals surface area (Å²) in [5.74, 6) is 0.572. The van der Waals surface area contributed by atoms with Crippen LogP contribution in [0.4, 0.5) is 0 Å². The van der Waals surface area contributed by atoms with Gasteiger partial charge in [0.15, 0.2) is 5.78 Å². The van der Waals surface area contributed by atoms with Crippen LogP contribution in [0.25, 0.3) is 0 Å². The number of Topliss-reactive ketones (excluding diaryl/α,β-unsaturated/α-hetero) is 1. The van der Waals surface area contributed by atoms with Gasteiger partial charge in [-0.1, -0.05) is 19.4 Å². The predicted octanol–water partition coefficient (Wildman–Crippen LogP) is 3.33. The van der Waals surface area contributed by atoms with Gasteiger partial charge in [-0.2, -0.15) is 0 Å². The van der Waals surface area contributed by atoms with E-state index in [-0.39, 0.29) is 5.92 Å². The van der Waals surface area contributed by atoms with E-state index in [1.807, 2.05) is 6.92 Å². The molecule has 1 nitrogen and oxygen atoms in total. The summed E-state index contributed by atoms with van der Waals surface area (Å²) in [6.07, 6.45) is 7.28. The third kappa shape index (κ3) is 1.50. The highest BCUT2D eigenvalue weighted by Gasteiger charge is 2.28. The summed E-state index contributed by atoms with van der Waals surface area (Å²) < 4.78 is 0. The Morgan fingerprint density at radius 2 is 1.69 bits per heavy atom. The first-order chi connectivity index (χ1) is 7.75. The van der Waals surface area contributed by atoms with Crippen molar-refractivity contribution in [1.29, 1.82) is 0 Å². The standard InChI is InChI=1S/C15H18O/c1-10-7-13-8-11-5-3-2-4-6-12(11)9-14(13)15(10)16/h8-10H,2-7H2,1H3. The van der Waals surface area contributed by atoms with Gasteiger partial charge in [0.05, 0.1) is 0 Å². The van der Waals surface area contributed by atoms with Crippen LogP contribution in [-0.2, 0) is 19.3 Å². The van der Waals surface area contributed by atoms with Gasteiger partial charge < -0.3 is 0 Å². The minimum atomic E-state index is 0.209. The Kier molecular flexibility index (Phi) is 2.34. The second-order valence-electron chi connectivity index (χ2n) is 5.31. The van der Waals surface area contributed by atoms with Gasteiger partial charge in [0.25, 0.3) is 0 Å². The van der Waals surface area contributed by atoms with Gasteiger partial charge in [-0.25, -0.2) is 0 Å². The van der Waals surface area contributed by atoms with Crippen LogP contribution in [0.5, 0.6) is 0 Å². The average molecular weight is 214 g/mol. The van der Waals surface area contributed by atoms with Crippen LogP contribution < -0.4 is 0 Å². The molecule has 0 amide bonds. The fraction of sp³-hybridized carbons (Fsp3) is 0.533. The highest BCUT2D eigenvalue weighted by atomic mass is 16.1. The quantitative estimate of drug-likeness (QED) is 0.605. The Labute approximate surface area is 96.9 Å². The average Bonchev–Trinajstić information content (AvgIpc) is 2.48. The Morgan fingerprint density at radius 3 is 2.44 bits per heavy atom. The molecule has 0 saturated carbocycles. The summed E-state index contributed by atoms with van der Waals surface area (Å²) >= 11 is 0. The molecule has 2 aliphatic carbocycles. The van der Waals surface area contributed by atoms with Gasteiger partial charge in [-0.3, -0.25) is 4.79 Å². The summed E-state index contributed by atoms with van der Waals surface area (Å²) in [4.78, 5) is 12.0. The lowest BCUT2D eigenvalue weighted by molar-refractivity contribution is 0.0946. The molecule has 1 unspecified atom stereocenters. The van der Waals surface area contributed by atoms with Gasteiger partial charge in [0, 0.05) is 11.5 Å². The Hall–Kier alpha value is -1.11. The first-order valence-corrected chi connectivity index (χ1v) is 6.44. The molecule has 0 heterocycles. The molecular weight excluding hydrogens is 196 g/mol. The molecule has 84 valence electrons. The Morgan fingerprint density at radius 1 is 1.00 bits per heavy atom. The molecule has 16 heavy (non-hydrogen) atoms. The number of carbonyl (C=O) groups is 1. The number of aryl methyl sites for hydroxylation is 2. The summed E-state index contributed by atoms with van der Waals surface area (Å²) in [5, 5.41) is 0. The number of fused-ring (bicyclic) bond motifs is 2. The fourth-order valence-electron chi connectivity index (χ4n) is 3.10. The smallest absolute Gasteiger partial charge is 0.166 e. The fourth-order valence-corrected chi connectivity index (χ4v) is 3.10. The van der Waals surface area contributed by atoms with Crippen LogP contribution in [0, 0.1) is 5.92 Å². The molecule has 0 radical (unpaired) electrons. The van der Waals surface area contributed by atoms with Gasteiger partial charge in [0.2, 0.25) is 0 Å². The molecule has 0 bridgehead atoms. The van der Waals surface area contributed by atoms with E-state index in [1.165, 1.54) is 48.8 Å². The number of carbonyl (C=O) groups excluding carboxylic acids is 1. The van der Waals surface area contributed by atoms with Crippen molar-refractivity contribution in [2.75, 3.05) is 0 Å². The highest BCUT2D eigenvalue weighted by molar-refractivity contribution is 6.02. The Balaban J connectivity index is 2.08. The van der Waals surface area contributed by atoms with Crippen molar-refractivity contribution in [1.82, 2.24) is 0 Å². The molecule has 0 N–H and O–H groups in total. The van der Waals surface area contributed by atoms with E-state index in [0.717, 1.165) is 12.0 Å². The largest absolute Gasteiger partial charge is 0.294 e. The first kappa shape index (κ1) is 10.1. The van der Waals surface area contributed by atoms with E-state index in [1.54, 1.807) is 0 Å².